The molecule has 2 aliphatic rings. The first kappa shape index (κ1) is 33.1. The summed E-state index contributed by atoms with van der Waals surface area (Å²) in [7, 11) is -5.81. The highest BCUT2D eigenvalue weighted by Gasteiger charge is 2.73. The van der Waals surface area contributed by atoms with E-state index in [0.29, 0.717) is 17.8 Å². The molecule has 6 nitrogen and oxygen atoms in total. The summed E-state index contributed by atoms with van der Waals surface area (Å²) in [6.45, 7) is -0.00407. The standard InChI is InChI=1S/C29H26F8N2O4S2/c1-38(2)45(42,43)23-5-3-4-21(17-23)39-15-14-26(44(40,41)22-10-8-20(30)9-11-22)24-12-7-19(16-18(24)6-13-25(26)39)27(31,28(32,33)34)29(35,36)37/h3-5,7-12,16-17,25H,6,13-15H2,1-2H3/t25-,26-/m1/s1. The second kappa shape index (κ2) is 10.7. The molecule has 0 radical (unpaired) electrons. The van der Waals surface area contributed by atoms with Crippen LogP contribution in [0.15, 0.2) is 76.5 Å². The Kier molecular flexibility index (Phi) is 7.85. The van der Waals surface area contributed by atoms with Gasteiger partial charge in [-0.05, 0) is 72.9 Å². The largest absolute Gasteiger partial charge is 0.435 e. The fraction of sp³-hybridized carbons (Fsp3) is 0.379. The quantitative estimate of drug-likeness (QED) is 0.227. The second-order valence-corrected chi connectivity index (χ2v) is 15.5. The fourth-order valence-corrected chi connectivity index (χ4v) is 9.71. The lowest BCUT2D eigenvalue weighted by molar-refractivity contribution is -0.348. The average molecular weight is 683 g/mol. The van der Waals surface area contributed by atoms with E-state index in [4.69, 9.17) is 0 Å². The molecule has 0 saturated carbocycles. The molecule has 5 rings (SSSR count). The topological polar surface area (TPSA) is 74.8 Å². The molecular weight excluding hydrogens is 656 g/mol. The van der Waals surface area contributed by atoms with E-state index in [9.17, 15) is 47.6 Å². The van der Waals surface area contributed by atoms with Crippen LogP contribution < -0.4 is 4.90 Å². The SMILES string of the molecule is CN(C)S(=O)(=O)c1cccc(N2CC[C@@]3(S(=O)(=O)c4ccc(F)cc4)c4ccc(C(F)(C(F)(F)F)C(F)(F)F)cc4CC[C@@H]23)c1. The maximum Gasteiger partial charge on any atom is 0.435 e. The first-order chi connectivity index (χ1) is 20.7. The van der Waals surface area contributed by atoms with E-state index in [1.807, 2.05) is 0 Å². The fourth-order valence-electron chi connectivity index (χ4n) is 6.40. The molecule has 3 aromatic rings. The molecule has 244 valence electrons. The number of benzene rings is 3. The molecule has 0 unspecified atom stereocenters. The predicted octanol–water partition coefficient (Wildman–Crippen LogP) is 6.26. The number of sulfonamides is 1. The molecule has 1 aliphatic heterocycles. The monoisotopic (exact) mass is 682 g/mol. The third-order valence-electron chi connectivity index (χ3n) is 8.60. The van der Waals surface area contributed by atoms with Crippen LogP contribution in [0.4, 0.5) is 40.8 Å². The maximum absolute atomic E-state index is 15.0. The Balaban J connectivity index is 1.72. The van der Waals surface area contributed by atoms with Gasteiger partial charge in [-0.1, -0.05) is 24.3 Å². The van der Waals surface area contributed by atoms with Crippen LogP contribution >= 0.6 is 0 Å². The highest BCUT2D eigenvalue weighted by Crippen LogP contribution is 2.57. The summed E-state index contributed by atoms with van der Waals surface area (Å²) in [6, 6.07) is 10.0. The number of rotatable bonds is 6. The van der Waals surface area contributed by atoms with E-state index in [1.165, 1.54) is 32.3 Å². The number of sulfone groups is 1. The van der Waals surface area contributed by atoms with Gasteiger partial charge in [0, 0.05) is 31.9 Å². The molecule has 3 aromatic carbocycles. The van der Waals surface area contributed by atoms with Gasteiger partial charge in [0.1, 0.15) is 10.6 Å². The van der Waals surface area contributed by atoms with Crippen LogP contribution in [0.25, 0.3) is 0 Å². The average Bonchev–Trinajstić information content (AvgIpc) is 3.37. The minimum absolute atomic E-state index is 0.00407. The van der Waals surface area contributed by atoms with Crippen molar-refractivity contribution in [2.24, 2.45) is 0 Å². The van der Waals surface area contributed by atoms with Gasteiger partial charge in [-0.15, -0.1) is 0 Å². The number of hydrogen-bond donors (Lipinski definition) is 0. The number of alkyl halides is 7. The molecule has 0 bridgehead atoms. The van der Waals surface area contributed by atoms with Gasteiger partial charge in [-0.3, -0.25) is 0 Å². The minimum atomic E-state index is -6.36. The molecule has 1 aliphatic carbocycles. The van der Waals surface area contributed by atoms with E-state index in [0.717, 1.165) is 34.6 Å². The zero-order valence-corrected chi connectivity index (χ0v) is 25.3. The van der Waals surface area contributed by atoms with Gasteiger partial charge in [-0.25, -0.2) is 29.9 Å². The van der Waals surface area contributed by atoms with Crippen molar-refractivity contribution in [3.8, 4) is 0 Å². The zero-order chi connectivity index (χ0) is 33.4. The molecule has 0 spiro atoms. The zero-order valence-electron chi connectivity index (χ0n) is 23.6. The summed E-state index contributed by atoms with van der Waals surface area (Å²) in [5.41, 5.74) is -7.45. The van der Waals surface area contributed by atoms with Crippen molar-refractivity contribution >= 4 is 25.5 Å². The van der Waals surface area contributed by atoms with Crippen molar-refractivity contribution in [1.29, 1.82) is 0 Å². The number of anilines is 1. The number of halogens is 8. The Bertz CT molecular complexity index is 1830. The van der Waals surface area contributed by atoms with Crippen molar-refractivity contribution in [2.45, 2.75) is 57.9 Å². The normalized spacial score (nSPS) is 21.1. The van der Waals surface area contributed by atoms with E-state index in [-0.39, 0.29) is 46.7 Å². The number of fused-ring (bicyclic) bond motifs is 3. The van der Waals surface area contributed by atoms with Crippen LogP contribution in [0.5, 0.6) is 0 Å². The first-order valence-electron chi connectivity index (χ1n) is 13.5. The van der Waals surface area contributed by atoms with Gasteiger partial charge in [0.25, 0.3) is 0 Å². The molecule has 0 amide bonds. The third kappa shape index (κ3) is 4.90. The lowest BCUT2D eigenvalue weighted by Crippen LogP contribution is -2.52. The Morgan fingerprint density at radius 1 is 0.822 bits per heavy atom. The molecule has 1 heterocycles. The van der Waals surface area contributed by atoms with Crippen molar-refractivity contribution < 1.29 is 52.0 Å². The molecule has 1 fully saturated rings. The summed E-state index contributed by atoms with van der Waals surface area (Å²) < 4.78 is 164. The Morgan fingerprint density at radius 2 is 1.44 bits per heavy atom. The summed E-state index contributed by atoms with van der Waals surface area (Å²) in [4.78, 5) is 1.20. The van der Waals surface area contributed by atoms with Gasteiger partial charge in [-0.2, -0.15) is 26.3 Å². The van der Waals surface area contributed by atoms with E-state index in [1.54, 1.807) is 11.0 Å². The minimum Gasteiger partial charge on any atom is -0.366 e. The Morgan fingerprint density at radius 3 is 2.02 bits per heavy atom. The van der Waals surface area contributed by atoms with Crippen LogP contribution in [0.3, 0.4) is 0 Å². The van der Waals surface area contributed by atoms with E-state index >= 15 is 4.39 Å². The number of aryl methyl sites for hydroxylation is 1. The highest BCUT2D eigenvalue weighted by molar-refractivity contribution is 7.92. The molecule has 16 heteroatoms. The molecule has 1 saturated heterocycles. The van der Waals surface area contributed by atoms with Crippen LogP contribution in [0.2, 0.25) is 0 Å². The van der Waals surface area contributed by atoms with Gasteiger partial charge in [0.2, 0.25) is 10.0 Å². The van der Waals surface area contributed by atoms with E-state index in [2.05, 4.69) is 0 Å². The van der Waals surface area contributed by atoms with Gasteiger partial charge in [0.15, 0.2) is 9.84 Å². The number of nitrogens with zero attached hydrogens (tertiary/aromatic N) is 2. The summed E-state index contributed by atoms with van der Waals surface area (Å²) in [6.07, 6.45) is -13.3. The number of hydrogen-bond acceptors (Lipinski definition) is 5. The second-order valence-electron chi connectivity index (χ2n) is 11.2. The molecule has 2 atom stereocenters. The summed E-state index contributed by atoms with van der Waals surface area (Å²) in [5.74, 6) is -0.748. The summed E-state index contributed by atoms with van der Waals surface area (Å²) >= 11 is 0. The predicted molar refractivity (Wildman–Crippen MR) is 148 cm³/mol. The lowest BCUT2D eigenvalue weighted by atomic mass is 9.76. The Hall–Kier alpha value is -3.24. The van der Waals surface area contributed by atoms with Crippen LogP contribution in [-0.2, 0) is 36.7 Å². The first-order valence-corrected chi connectivity index (χ1v) is 16.4. The third-order valence-corrected chi connectivity index (χ3v) is 13.0. The van der Waals surface area contributed by atoms with Crippen molar-refractivity contribution in [1.82, 2.24) is 4.31 Å². The van der Waals surface area contributed by atoms with Crippen LogP contribution in [-0.4, -0.2) is 60.2 Å². The van der Waals surface area contributed by atoms with Crippen molar-refractivity contribution in [3.63, 3.8) is 0 Å². The van der Waals surface area contributed by atoms with Gasteiger partial charge >= 0.3 is 18.0 Å². The van der Waals surface area contributed by atoms with Crippen molar-refractivity contribution in [2.75, 3.05) is 25.5 Å². The smallest absolute Gasteiger partial charge is 0.366 e. The molecule has 0 aromatic heterocycles. The Labute approximate surface area is 254 Å². The van der Waals surface area contributed by atoms with E-state index < -0.39 is 60.1 Å². The van der Waals surface area contributed by atoms with Crippen LogP contribution in [0.1, 0.15) is 29.5 Å². The highest BCUT2D eigenvalue weighted by atomic mass is 32.2. The van der Waals surface area contributed by atoms with Crippen molar-refractivity contribution in [3.05, 3.63) is 89.2 Å². The van der Waals surface area contributed by atoms with Gasteiger partial charge < -0.3 is 4.90 Å². The van der Waals surface area contributed by atoms with Gasteiger partial charge in [0.05, 0.1) is 15.8 Å². The molecular formula is C29H26F8N2O4S2. The van der Waals surface area contributed by atoms with Crippen LogP contribution in [0, 0.1) is 5.82 Å². The molecule has 0 N–H and O–H groups in total. The summed E-state index contributed by atoms with van der Waals surface area (Å²) in [5, 5.41) is 0. The lowest BCUT2D eigenvalue weighted by Gasteiger charge is -2.43. The maximum atomic E-state index is 15.0. The molecule has 45 heavy (non-hydrogen) atoms.